The molecule has 0 aliphatic carbocycles. The maximum Gasteiger partial charge on any atom is 0.368 e. The Morgan fingerprint density at radius 3 is 2.60 bits per heavy atom. The van der Waals surface area contributed by atoms with E-state index < -0.39 is 11.8 Å². The lowest BCUT2D eigenvalue weighted by Crippen LogP contribution is -2.65. The molecule has 0 fully saturated rings. The smallest absolute Gasteiger partial charge is 0.368 e. The molecule has 0 radical (unpaired) electrons. The van der Waals surface area contributed by atoms with Crippen LogP contribution >= 0.6 is 0 Å². The molecule has 1 heterocycles. The molecule has 0 bridgehead atoms. The summed E-state index contributed by atoms with van der Waals surface area (Å²) in [6, 6.07) is 0. The van der Waals surface area contributed by atoms with E-state index >= 15 is 0 Å². The standard InChI is InChI=1S/C3H7N5O2/c4-2-6-3(5,1(9)10)8-7-2/h8H,5H2,(H,9,10)(H3,4,6,7). The normalized spacial score (nSPS) is 30.3. The molecule has 1 unspecified atom stereocenters. The minimum absolute atomic E-state index is 0.0371. The molecule has 0 saturated heterocycles. The Bertz CT molecular complexity index is 201. The first-order valence-corrected chi connectivity index (χ1v) is 2.45. The van der Waals surface area contributed by atoms with Gasteiger partial charge in [-0.25, -0.2) is 4.79 Å². The van der Waals surface area contributed by atoms with Crippen molar-refractivity contribution in [2.24, 2.45) is 16.6 Å². The van der Waals surface area contributed by atoms with E-state index in [2.05, 4.69) is 15.8 Å². The number of carboxylic acid groups (broad SMARTS) is 1. The largest absolute Gasteiger partial charge is 0.477 e. The van der Waals surface area contributed by atoms with Crippen LogP contribution in [0.25, 0.3) is 0 Å². The molecular formula is C3H7N5O2. The number of rotatable bonds is 1. The van der Waals surface area contributed by atoms with Gasteiger partial charge in [-0.15, -0.1) is 5.10 Å². The Kier molecular flexibility index (Phi) is 1.15. The van der Waals surface area contributed by atoms with E-state index in [1.165, 1.54) is 0 Å². The molecule has 1 aliphatic rings. The average molecular weight is 145 g/mol. The SMILES string of the molecule is NC1=NNC(N)(C(=O)O)N1. The second-order valence-electron chi connectivity index (χ2n) is 1.85. The zero-order valence-corrected chi connectivity index (χ0v) is 4.96. The minimum Gasteiger partial charge on any atom is -0.477 e. The van der Waals surface area contributed by atoms with E-state index in [4.69, 9.17) is 16.6 Å². The number of guanidine groups is 1. The Morgan fingerprint density at radius 2 is 2.40 bits per heavy atom. The average Bonchev–Trinajstić information content (AvgIpc) is 2.13. The quantitative estimate of drug-likeness (QED) is 0.269. The van der Waals surface area contributed by atoms with E-state index in [0.717, 1.165) is 0 Å². The highest BCUT2D eigenvalue weighted by molar-refractivity contribution is 5.89. The lowest BCUT2D eigenvalue weighted by atomic mass is 10.4. The van der Waals surface area contributed by atoms with E-state index in [1.54, 1.807) is 0 Å². The first-order chi connectivity index (χ1) is 4.54. The van der Waals surface area contributed by atoms with Gasteiger partial charge in [0.25, 0.3) is 5.79 Å². The van der Waals surface area contributed by atoms with Crippen molar-refractivity contribution in [3.8, 4) is 0 Å². The molecule has 1 aliphatic heterocycles. The summed E-state index contributed by atoms with van der Waals surface area (Å²) in [5.41, 5.74) is 12.4. The number of hydrogen-bond acceptors (Lipinski definition) is 6. The third kappa shape index (κ3) is 0.818. The summed E-state index contributed by atoms with van der Waals surface area (Å²) >= 11 is 0. The van der Waals surface area contributed by atoms with Crippen molar-refractivity contribution in [1.82, 2.24) is 10.7 Å². The molecule has 0 amide bonds. The molecule has 1 atom stereocenters. The van der Waals surface area contributed by atoms with Gasteiger partial charge in [-0.2, -0.15) is 0 Å². The van der Waals surface area contributed by atoms with Crippen LogP contribution in [0.5, 0.6) is 0 Å². The highest BCUT2D eigenvalue weighted by Crippen LogP contribution is 1.94. The molecule has 7 heteroatoms. The summed E-state index contributed by atoms with van der Waals surface area (Å²) in [6.45, 7) is 0. The molecule has 0 spiro atoms. The fraction of sp³-hybridized carbons (Fsp3) is 0.333. The second-order valence-corrected chi connectivity index (χ2v) is 1.85. The third-order valence-corrected chi connectivity index (χ3v) is 1.02. The van der Waals surface area contributed by atoms with Crippen LogP contribution in [0, 0.1) is 0 Å². The topological polar surface area (TPSA) is 126 Å². The van der Waals surface area contributed by atoms with Crippen LogP contribution in [0.1, 0.15) is 0 Å². The van der Waals surface area contributed by atoms with Crippen molar-refractivity contribution in [2.45, 2.75) is 5.79 Å². The van der Waals surface area contributed by atoms with Gasteiger partial charge < -0.3 is 16.2 Å². The second kappa shape index (κ2) is 1.74. The van der Waals surface area contributed by atoms with E-state index in [0.29, 0.717) is 0 Å². The van der Waals surface area contributed by atoms with E-state index in [9.17, 15) is 4.79 Å². The van der Waals surface area contributed by atoms with Crippen LogP contribution in [0.2, 0.25) is 0 Å². The van der Waals surface area contributed by atoms with E-state index in [-0.39, 0.29) is 5.96 Å². The lowest BCUT2D eigenvalue weighted by molar-refractivity contribution is -0.145. The molecule has 0 saturated carbocycles. The predicted octanol–water partition coefficient (Wildman–Crippen LogP) is -2.89. The monoisotopic (exact) mass is 145 g/mol. The fourth-order valence-electron chi connectivity index (χ4n) is 0.508. The van der Waals surface area contributed by atoms with Crippen LogP contribution in [0.4, 0.5) is 0 Å². The van der Waals surface area contributed by atoms with Gasteiger partial charge in [0.2, 0.25) is 5.96 Å². The van der Waals surface area contributed by atoms with Gasteiger partial charge in [0.05, 0.1) is 0 Å². The highest BCUT2D eigenvalue weighted by atomic mass is 16.4. The number of nitrogens with two attached hydrogens (primary N) is 2. The lowest BCUT2D eigenvalue weighted by Gasteiger charge is -2.17. The Labute approximate surface area is 56.1 Å². The number of nitrogens with one attached hydrogen (secondary N) is 2. The highest BCUT2D eigenvalue weighted by Gasteiger charge is 2.38. The summed E-state index contributed by atoms with van der Waals surface area (Å²) in [5, 5.41) is 14.0. The maximum atomic E-state index is 10.3. The number of hydrogen-bond donors (Lipinski definition) is 5. The number of carbonyl (C=O) groups is 1. The van der Waals surface area contributed by atoms with Gasteiger partial charge in [-0.05, 0) is 0 Å². The summed E-state index contributed by atoms with van der Waals surface area (Å²) in [4.78, 5) is 10.3. The molecule has 10 heavy (non-hydrogen) atoms. The van der Waals surface area contributed by atoms with Gasteiger partial charge in [0, 0.05) is 0 Å². The Balaban J connectivity index is 2.70. The minimum atomic E-state index is -1.75. The number of aliphatic carboxylic acids is 1. The van der Waals surface area contributed by atoms with Crippen LogP contribution in [-0.2, 0) is 4.79 Å². The molecule has 7 N–H and O–H groups in total. The van der Waals surface area contributed by atoms with Crippen LogP contribution < -0.4 is 22.2 Å². The van der Waals surface area contributed by atoms with Crippen molar-refractivity contribution in [3.63, 3.8) is 0 Å². The van der Waals surface area contributed by atoms with Gasteiger partial charge >= 0.3 is 5.97 Å². The summed E-state index contributed by atoms with van der Waals surface area (Å²) in [6.07, 6.45) is 0. The first kappa shape index (κ1) is 6.62. The molecule has 0 aromatic carbocycles. The molecule has 1 rings (SSSR count). The van der Waals surface area contributed by atoms with Crippen LogP contribution in [0.3, 0.4) is 0 Å². The van der Waals surface area contributed by atoms with Crippen molar-refractivity contribution in [1.29, 1.82) is 0 Å². The number of carboxylic acids is 1. The summed E-state index contributed by atoms with van der Waals surface area (Å²) in [7, 11) is 0. The van der Waals surface area contributed by atoms with Gasteiger partial charge in [-0.1, -0.05) is 0 Å². The predicted molar refractivity (Wildman–Crippen MR) is 32.4 cm³/mol. The molecule has 0 aromatic rings. The Morgan fingerprint density at radius 1 is 1.80 bits per heavy atom. The fourth-order valence-corrected chi connectivity index (χ4v) is 0.508. The zero-order valence-electron chi connectivity index (χ0n) is 4.96. The first-order valence-electron chi connectivity index (χ1n) is 2.45. The van der Waals surface area contributed by atoms with E-state index in [1.807, 2.05) is 0 Å². The molecule has 7 nitrogen and oxygen atoms in total. The van der Waals surface area contributed by atoms with Gasteiger partial charge in [0.15, 0.2) is 0 Å². The van der Waals surface area contributed by atoms with Crippen LogP contribution in [0.15, 0.2) is 5.10 Å². The van der Waals surface area contributed by atoms with Gasteiger partial charge in [-0.3, -0.25) is 11.2 Å². The Hall–Kier alpha value is -1.50. The summed E-state index contributed by atoms with van der Waals surface area (Å²) in [5.74, 6) is -3.05. The molecule has 56 valence electrons. The number of nitrogens with zero attached hydrogens (tertiary/aromatic N) is 1. The van der Waals surface area contributed by atoms with Crippen LogP contribution in [-0.4, -0.2) is 22.8 Å². The summed E-state index contributed by atoms with van der Waals surface area (Å²) < 4.78 is 0. The van der Waals surface area contributed by atoms with Crippen molar-refractivity contribution >= 4 is 11.9 Å². The number of hydrazone groups is 1. The van der Waals surface area contributed by atoms with Crippen molar-refractivity contribution < 1.29 is 9.90 Å². The third-order valence-electron chi connectivity index (χ3n) is 1.02. The molecule has 0 aromatic heterocycles. The van der Waals surface area contributed by atoms with Gasteiger partial charge in [0.1, 0.15) is 0 Å². The zero-order chi connectivity index (χ0) is 7.78. The van der Waals surface area contributed by atoms with Crippen molar-refractivity contribution in [2.75, 3.05) is 0 Å². The van der Waals surface area contributed by atoms with Crippen molar-refractivity contribution in [3.05, 3.63) is 0 Å². The maximum absolute atomic E-state index is 10.3. The molecular weight excluding hydrogens is 138 g/mol.